The van der Waals surface area contributed by atoms with Gasteiger partial charge in [0.25, 0.3) is 0 Å². The summed E-state index contributed by atoms with van der Waals surface area (Å²) in [5.41, 5.74) is 1.05. The summed E-state index contributed by atoms with van der Waals surface area (Å²) in [7, 11) is 2.19. The predicted octanol–water partition coefficient (Wildman–Crippen LogP) is 3.87. The Bertz CT molecular complexity index is 537. The molecule has 35 heavy (non-hydrogen) atoms. The lowest BCUT2D eigenvalue weighted by atomic mass is 10.1. The number of piperazine rings is 2. The molecule has 0 aliphatic carbocycles. The highest BCUT2D eigenvalue weighted by Gasteiger charge is 2.24. The molecular formula is C29H61N5O. The monoisotopic (exact) mass is 495 g/mol. The van der Waals surface area contributed by atoms with Crippen molar-refractivity contribution in [3.63, 3.8) is 0 Å². The molecule has 3 aliphatic heterocycles. The van der Waals surface area contributed by atoms with Crippen LogP contribution in [0.15, 0.2) is 0 Å². The van der Waals surface area contributed by atoms with Gasteiger partial charge in [-0.25, -0.2) is 0 Å². The third-order valence-electron chi connectivity index (χ3n) is 6.73. The van der Waals surface area contributed by atoms with E-state index in [-0.39, 0.29) is 0 Å². The number of hydrogen-bond acceptors (Lipinski definition) is 6. The van der Waals surface area contributed by atoms with Gasteiger partial charge in [0.2, 0.25) is 0 Å². The van der Waals surface area contributed by atoms with Gasteiger partial charge in [-0.3, -0.25) is 14.7 Å². The van der Waals surface area contributed by atoms with Crippen molar-refractivity contribution in [1.82, 2.24) is 24.9 Å². The maximum Gasteiger partial charge on any atom is 0.0594 e. The largest absolute Gasteiger partial charge is 0.379 e. The van der Waals surface area contributed by atoms with Gasteiger partial charge in [-0.1, -0.05) is 0 Å². The molecule has 0 bridgehead atoms. The summed E-state index contributed by atoms with van der Waals surface area (Å²) in [5.74, 6) is 5.36. The van der Waals surface area contributed by atoms with Crippen molar-refractivity contribution in [2.45, 2.75) is 92.8 Å². The van der Waals surface area contributed by atoms with Crippen molar-refractivity contribution in [1.29, 1.82) is 0 Å². The number of morpholine rings is 1. The first-order valence-corrected chi connectivity index (χ1v) is 13.7. The van der Waals surface area contributed by atoms with Crippen molar-refractivity contribution in [3.05, 3.63) is 0 Å². The van der Waals surface area contributed by atoms with Gasteiger partial charge < -0.3 is 15.0 Å². The van der Waals surface area contributed by atoms with Gasteiger partial charge in [-0.05, 0) is 83.2 Å². The lowest BCUT2D eigenvalue weighted by Crippen LogP contribution is -2.52. The van der Waals surface area contributed by atoms with E-state index in [4.69, 9.17) is 4.74 Å². The molecule has 208 valence electrons. The Balaban J connectivity index is 0.000000461. The second kappa shape index (κ2) is 16.9. The van der Waals surface area contributed by atoms with Crippen LogP contribution in [0.3, 0.4) is 0 Å². The van der Waals surface area contributed by atoms with E-state index >= 15 is 0 Å². The summed E-state index contributed by atoms with van der Waals surface area (Å²) in [5, 5.41) is 3.35. The molecule has 0 saturated carbocycles. The molecular weight excluding hydrogens is 434 g/mol. The van der Waals surface area contributed by atoms with Crippen molar-refractivity contribution in [3.8, 4) is 11.8 Å². The Hall–Kier alpha value is -0.680. The lowest BCUT2D eigenvalue weighted by molar-refractivity contribution is -0.00389. The number of likely N-dealkylation sites (N-methyl/N-ethyl adjacent to an activating group) is 1. The second-order valence-electron chi connectivity index (χ2n) is 12.6. The van der Waals surface area contributed by atoms with Gasteiger partial charge in [0.15, 0.2) is 0 Å². The maximum atomic E-state index is 5.25. The summed E-state index contributed by atoms with van der Waals surface area (Å²) >= 11 is 0. The summed E-state index contributed by atoms with van der Waals surface area (Å²) in [4.78, 5) is 9.91. The minimum atomic E-state index is 0.323. The van der Waals surface area contributed by atoms with Crippen LogP contribution in [0, 0.1) is 11.8 Å². The van der Waals surface area contributed by atoms with Crippen LogP contribution in [-0.2, 0) is 4.74 Å². The number of nitrogens with zero attached hydrogens (tertiary/aromatic N) is 4. The molecule has 3 fully saturated rings. The van der Waals surface area contributed by atoms with E-state index < -0.39 is 0 Å². The first-order chi connectivity index (χ1) is 16.1. The van der Waals surface area contributed by atoms with Crippen LogP contribution in [0.25, 0.3) is 0 Å². The molecule has 3 aliphatic rings. The molecule has 0 unspecified atom stereocenters. The zero-order valence-electron chi connectivity index (χ0n) is 25.7. The molecule has 6 nitrogen and oxygen atoms in total. The number of rotatable bonds is 0. The van der Waals surface area contributed by atoms with E-state index in [1.54, 1.807) is 0 Å². The van der Waals surface area contributed by atoms with E-state index in [1.165, 1.54) is 39.3 Å². The van der Waals surface area contributed by atoms with E-state index in [2.05, 4.69) is 106 Å². The Morgan fingerprint density at radius 3 is 1.17 bits per heavy atom. The molecule has 3 heterocycles. The molecule has 3 saturated heterocycles. The molecule has 0 aromatic heterocycles. The summed E-state index contributed by atoms with van der Waals surface area (Å²) in [6.07, 6.45) is 0. The molecule has 0 amide bonds. The highest BCUT2D eigenvalue weighted by Crippen LogP contribution is 2.15. The Morgan fingerprint density at radius 2 is 0.886 bits per heavy atom. The van der Waals surface area contributed by atoms with E-state index in [0.717, 1.165) is 39.4 Å². The van der Waals surface area contributed by atoms with Crippen LogP contribution in [0.2, 0.25) is 0 Å². The zero-order chi connectivity index (χ0) is 27.1. The molecule has 0 aromatic carbocycles. The van der Waals surface area contributed by atoms with Crippen LogP contribution < -0.4 is 5.32 Å². The molecule has 0 aromatic rings. The van der Waals surface area contributed by atoms with Crippen LogP contribution in [0.5, 0.6) is 0 Å². The van der Waals surface area contributed by atoms with Crippen molar-refractivity contribution in [2.24, 2.45) is 0 Å². The highest BCUT2D eigenvalue weighted by atomic mass is 16.5. The minimum absolute atomic E-state index is 0.323. The fourth-order valence-corrected chi connectivity index (χ4v) is 4.05. The maximum absolute atomic E-state index is 5.25. The van der Waals surface area contributed by atoms with Crippen LogP contribution in [0.4, 0.5) is 0 Å². The van der Waals surface area contributed by atoms with Gasteiger partial charge >= 0.3 is 0 Å². The first-order valence-electron chi connectivity index (χ1n) is 13.7. The summed E-state index contributed by atoms with van der Waals surface area (Å²) < 4.78 is 5.25. The van der Waals surface area contributed by atoms with Gasteiger partial charge in [0.05, 0.1) is 13.2 Å². The molecule has 0 spiro atoms. The fourth-order valence-electron chi connectivity index (χ4n) is 4.05. The summed E-state index contributed by atoms with van der Waals surface area (Å²) in [6, 6.07) is 0. The summed E-state index contributed by atoms with van der Waals surface area (Å²) in [6.45, 7) is 37.6. The Morgan fingerprint density at radius 1 is 0.543 bits per heavy atom. The van der Waals surface area contributed by atoms with Crippen LogP contribution >= 0.6 is 0 Å². The predicted molar refractivity (Wildman–Crippen MR) is 154 cm³/mol. The van der Waals surface area contributed by atoms with Gasteiger partial charge in [-0.2, -0.15) is 0 Å². The topological polar surface area (TPSA) is 34.2 Å². The lowest BCUT2D eigenvalue weighted by Gasteiger charge is -2.41. The average Bonchev–Trinajstić information content (AvgIpc) is 2.80. The number of ether oxygens (including phenoxy) is 1. The molecule has 6 heteroatoms. The quantitative estimate of drug-likeness (QED) is 0.514. The number of hydrogen-bond donors (Lipinski definition) is 1. The molecule has 1 N–H and O–H groups in total. The van der Waals surface area contributed by atoms with E-state index in [0.29, 0.717) is 16.6 Å². The van der Waals surface area contributed by atoms with Crippen molar-refractivity contribution in [2.75, 3.05) is 85.7 Å². The smallest absolute Gasteiger partial charge is 0.0594 e. The SMILES string of the molecule is CC#CC.CC(C)(C)N1CCNCC1.CC(C)(C)N1CCOCC1.CN1CCN(C(C)(C)C)CC1. The van der Waals surface area contributed by atoms with Gasteiger partial charge in [0, 0.05) is 82.1 Å². The highest BCUT2D eigenvalue weighted by molar-refractivity contribution is 4.89. The van der Waals surface area contributed by atoms with E-state index in [1.807, 2.05) is 13.8 Å². The second-order valence-corrected chi connectivity index (χ2v) is 12.6. The van der Waals surface area contributed by atoms with Gasteiger partial charge in [0.1, 0.15) is 0 Å². The standard InChI is InChI=1S/C9H20N2.C8H18N2.C8H17NO.C4H6/c1-9(2,3)11-7-5-10(4)6-8-11;1-8(2,3)10-6-4-9-5-7-10;1-8(2,3)9-4-6-10-7-5-9;1-3-4-2/h5-8H2,1-4H3;9H,4-7H2,1-3H3;4-7H2,1-3H3;1-2H3. The van der Waals surface area contributed by atoms with E-state index in [9.17, 15) is 0 Å². The Labute approximate surface area is 220 Å². The third-order valence-corrected chi connectivity index (χ3v) is 6.73. The molecule has 0 atom stereocenters. The average molecular weight is 496 g/mol. The fraction of sp³-hybridized carbons (Fsp3) is 0.931. The zero-order valence-corrected chi connectivity index (χ0v) is 25.7. The van der Waals surface area contributed by atoms with Crippen LogP contribution in [-0.4, -0.2) is 122 Å². The Kier molecular flexibility index (Phi) is 16.6. The van der Waals surface area contributed by atoms with Crippen molar-refractivity contribution < 1.29 is 4.74 Å². The van der Waals surface area contributed by atoms with Crippen LogP contribution in [0.1, 0.15) is 76.2 Å². The first kappa shape index (κ1) is 34.3. The molecule has 3 rings (SSSR count). The number of nitrogens with one attached hydrogen (secondary N) is 1. The molecule has 0 radical (unpaired) electrons. The third kappa shape index (κ3) is 16.6. The normalized spacial score (nSPS) is 21.1. The minimum Gasteiger partial charge on any atom is -0.379 e. The van der Waals surface area contributed by atoms with Gasteiger partial charge in [-0.15, -0.1) is 11.8 Å². The van der Waals surface area contributed by atoms with Crippen molar-refractivity contribution >= 4 is 0 Å².